The van der Waals surface area contributed by atoms with Gasteiger partial charge in [-0.1, -0.05) is 192 Å². The molecule has 0 aromatic carbocycles. The predicted octanol–water partition coefficient (Wildman–Crippen LogP) is 12.1. The molecule has 6 atom stereocenters. The number of carbonyl (C=O) groups is 4. The minimum absolute atomic E-state index is 0.0624. The Morgan fingerprint density at radius 2 is 0.969 bits per heavy atom. The molecule has 3 N–H and O–H groups in total. The van der Waals surface area contributed by atoms with E-state index in [1.54, 1.807) is 0 Å². The van der Waals surface area contributed by atoms with Crippen molar-refractivity contribution in [2.75, 3.05) is 13.2 Å². The molecule has 1 rings (SSSR count). The molecule has 1 aliphatic rings. The van der Waals surface area contributed by atoms with Gasteiger partial charge in [-0.25, -0.2) is 4.79 Å². The first kappa shape index (κ1) is 60.0. The molecule has 0 aliphatic carbocycles. The Morgan fingerprint density at radius 1 is 0.523 bits per heavy atom. The zero-order valence-electron chi connectivity index (χ0n) is 41.0. The number of aliphatic hydroxyl groups excluding tert-OH is 2. The van der Waals surface area contributed by atoms with Crippen LogP contribution in [0.25, 0.3) is 0 Å². The van der Waals surface area contributed by atoms with E-state index in [2.05, 4.69) is 57.2 Å². The highest BCUT2D eigenvalue weighted by Gasteiger charge is 2.50. The number of rotatable bonds is 43. The summed E-state index contributed by atoms with van der Waals surface area (Å²) in [6.07, 6.45) is 34.3. The van der Waals surface area contributed by atoms with E-state index >= 15 is 0 Å². The fraction of sp³-hybridized carbons (Fsp3) is 0.811. The predicted molar refractivity (Wildman–Crippen MR) is 257 cm³/mol. The molecule has 1 saturated heterocycles. The lowest BCUT2D eigenvalue weighted by Gasteiger charge is -2.40. The van der Waals surface area contributed by atoms with Crippen LogP contribution in [-0.4, -0.2) is 89.2 Å². The SMILES string of the molecule is CC/C=C\C/C=C\C/C=C\CCCCCC(=O)OCC(COC1OC(C(=O)O)C(O)C(O)C1OC(=O)CCCCCCCCCCCCCCC)OC(=O)CCCCCCCCCCC. The molecule has 12 heteroatoms. The average Bonchev–Trinajstić information content (AvgIpc) is 3.29. The van der Waals surface area contributed by atoms with Crippen molar-refractivity contribution in [3.05, 3.63) is 36.5 Å². The van der Waals surface area contributed by atoms with Gasteiger partial charge in [0.05, 0.1) is 6.61 Å². The lowest BCUT2D eigenvalue weighted by atomic mass is 9.98. The zero-order valence-corrected chi connectivity index (χ0v) is 41.0. The number of carboxylic acids is 1. The summed E-state index contributed by atoms with van der Waals surface area (Å²) in [5.41, 5.74) is 0. The van der Waals surface area contributed by atoms with Gasteiger partial charge >= 0.3 is 23.9 Å². The zero-order chi connectivity index (χ0) is 47.6. The highest BCUT2D eigenvalue weighted by Crippen LogP contribution is 2.26. The normalized spacial score (nSPS) is 19.3. The number of hydrogen-bond acceptors (Lipinski definition) is 11. The van der Waals surface area contributed by atoms with Crippen LogP contribution in [0.4, 0.5) is 0 Å². The molecule has 1 fully saturated rings. The molecule has 376 valence electrons. The second-order valence-corrected chi connectivity index (χ2v) is 17.8. The van der Waals surface area contributed by atoms with Crippen molar-refractivity contribution in [2.24, 2.45) is 0 Å². The third kappa shape index (κ3) is 33.1. The minimum Gasteiger partial charge on any atom is -0.479 e. The number of carboxylic acid groups (broad SMARTS) is 1. The number of carbonyl (C=O) groups excluding carboxylic acids is 3. The van der Waals surface area contributed by atoms with Crippen LogP contribution < -0.4 is 0 Å². The van der Waals surface area contributed by atoms with E-state index in [0.29, 0.717) is 19.3 Å². The van der Waals surface area contributed by atoms with Gasteiger partial charge in [0.25, 0.3) is 0 Å². The molecule has 0 radical (unpaired) electrons. The maximum Gasteiger partial charge on any atom is 0.335 e. The number of ether oxygens (including phenoxy) is 5. The van der Waals surface area contributed by atoms with Gasteiger partial charge in [0.15, 0.2) is 24.6 Å². The van der Waals surface area contributed by atoms with E-state index in [1.165, 1.54) is 83.5 Å². The second kappa shape index (κ2) is 42.3. The summed E-state index contributed by atoms with van der Waals surface area (Å²) in [5.74, 6) is -3.15. The first-order valence-corrected chi connectivity index (χ1v) is 26.0. The molecule has 1 aliphatic heterocycles. The summed E-state index contributed by atoms with van der Waals surface area (Å²) >= 11 is 0. The molecule has 0 aromatic heterocycles. The van der Waals surface area contributed by atoms with E-state index in [4.69, 9.17) is 23.7 Å². The van der Waals surface area contributed by atoms with Gasteiger partial charge in [-0.2, -0.15) is 0 Å². The van der Waals surface area contributed by atoms with Gasteiger partial charge in [0.2, 0.25) is 0 Å². The summed E-state index contributed by atoms with van der Waals surface area (Å²) in [6.45, 7) is 5.80. The highest BCUT2D eigenvalue weighted by molar-refractivity contribution is 5.74. The Bertz CT molecular complexity index is 1280. The monoisotopic (exact) mass is 921 g/mol. The van der Waals surface area contributed by atoms with Crippen molar-refractivity contribution >= 4 is 23.9 Å². The van der Waals surface area contributed by atoms with Crippen molar-refractivity contribution in [3.63, 3.8) is 0 Å². The Hall–Kier alpha value is -3.06. The third-order valence-electron chi connectivity index (χ3n) is 11.7. The number of allylic oxidation sites excluding steroid dienone is 6. The Labute approximate surface area is 393 Å². The quantitative estimate of drug-likeness (QED) is 0.0229. The molecule has 6 unspecified atom stereocenters. The van der Waals surface area contributed by atoms with Crippen molar-refractivity contribution < 1.29 is 58.2 Å². The lowest BCUT2D eigenvalue weighted by molar-refractivity contribution is -0.301. The summed E-state index contributed by atoms with van der Waals surface area (Å²) in [5, 5.41) is 31.3. The Morgan fingerprint density at radius 3 is 1.48 bits per heavy atom. The third-order valence-corrected chi connectivity index (χ3v) is 11.7. The second-order valence-electron chi connectivity index (χ2n) is 17.8. The largest absolute Gasteiger partial charge is 0.479 e. The molecular formula is C53H92O12. The van der Waals surface area contributed by atoms with Crippen LogP contribution in [0.5, 0.6) is 0 Å². The van der Waals surface area contributed by atoms with Gasteiger partial charge in [0.1, 0.15) is 18.8 Å². The standard InChI is InChI=1S/C53H92O12/c1-4-7-10-13-16-19-21-23-25-28-30-33-36-39-45(54)61-42-44(63-46(55)40-37-34-31-27-18-15-12-9-6-3)43-62-53-51(49(58)48(57)50(65-53)52(59)60)64-47(56)41-38-35-32-29-26-24-22-20-17-14-11-8-5-2/h7,10,16,19,23,25,44,48-51,53,57-58H,4-6,8-9,11-15,17-18,20-22,24,26-43H2,1-3H3,(H,59,60)/b10-7-,19-16-,25-23-. The molecule has 12 nitrogen and oxygen atoms in total. The average molecular weight is 921 g/mol. The highest BCUT2D eigenvalue weighted by atomic mass is 16.7. The fourth-order valence-corrected chi connectivity index (χ4v) is 7.73. The van der Waals surface area contributed by atoms with Gasteiger partial charge < -0.3 is 39.0 Å². The minimum atomic E-state index is -1.90. The van der Waals surface area contributed by atoms with Crippen LogP contribution >= 0.6 is 0 Å². The summed E-state index contributed by atoms with van der Waals surface area (Å²) in [4.78, 5) is 50.7. The van der Waals surface area contributed by atoms with Crippen LogP contribution in [0.1, 0.15) is 226 Å². The smallest absolute Gasteiger partial charge is 0.335 e. The van der Waals surface area contributed by atoms with E-state index in [1.807, 2.05) is 0 Å². The molecule has 65 heavy (non-hydrogen) atoms. The summed E-state index contributed by atoms with van der Waals surface area (Å²) in [7, 11) is 0. The van der Waals surface area contributed by atoms with Crippen molar-refractivity contribution in [1.82, 2.24) is 0 Å². The van der Waals surface area contributed by atoms with E-state index in [0.717, 1.165) is 83.5 Å². The van der Waals surface area contributed by atoms with Gasteiger partial charge in [-0.15, -0.1) is 0 Å². The van der Waals surface area contributed by atoms with Gasteiger partial charge in [-0.3, -0.25) is 14.4 Å². The van der Waals surface area contributed by atoms with E-state index in [-0.39, 0.29) is 25.9 Å². The first-order valence-electron chi connectivity index (χ1n) is 26.0. The number of unbranched alkanes of at least 4 members (excludes halogenated alkanes) is 23. The maximum atomic E-state index is 13.0. The molecule has 0 aromatic rings. The van der Waals surface area contributed by atoms with Crippen LogP contribution in [0.15, 0.2) is 36.5 Å². The molecular weight excluding hydrogens is 829 g/mol. The number of esters is 3. The number of hydrogen-bond donors (Lipinski definition) is 3. The topological polar surface area (TPSA) is 175 Å². The van der Waals surface area contributed by atoms with Crippen molar-refractivity contribution in [2.45, 2.75) is 263 Å². The molecule has 0 saturated carbocycles. The molecule has 0 spiro atoms. The first-order chi connectivity index (χ1) is 31.6. The van der Waals surface area contributed by atoms with Crippen molar-refractivity contribution in [1.29, 1.82) is 0 Å². The maximum absolute atomic E-state index is 13.0. The number of aliphatic carboxylic acids is 1. The van der Waals surface area contributed by atoms with Crippen LogP contribution in [-0.2, 0) is 42.9 Å². The van der Waals surface area contributed by atoms with Gasteiger partial charge in [0, 0.05) is 19.3 Å². The Kier molecular flexibility index (Phi) is 39.0. The fourth-order valence-electron chi connectivity index (χ4n) is 7.73. The van der Waals surface area contributed by atoms with Crippen molar-refractivity contribution in [3.8, 4) is 0 Å². The molecule has 0 amide bonds. The van der Waals surface area contributed by atoms with Crippen LogP contribution in [0.3, 0.4) is 0 Å². The van der Waals surface area contributed by atoms with E-state index < -0.39 is 67.3 Å². The summed E-state index contributed by atoms with van der Waals surface area (Å²) < 4.78 is 28.2. The van der Waals surface area contributed by atoms with E-state index in [9.17, 15) is 34.5 Å². The number of aliphatic hydroxyl groups is 2. The Balaban J connectivity index is 2.73. The lowest BCUT2D eigenvalue weighted by Crippen LogP contribution is -2.61. The van der Waals surface area contributed by atoms with Crippen LogP contribution in [0.2, 0.25) is 0 Å². The van der Waals surface area contributed by atoms with Crippen LogP contribution in [0, 0.1) is 0 Å². The van der Waals surface area contributed by atoms with Gasteiger partial charge in [-0.05, 0) is 51.4 Å². The molecule has 1 heterocycles. The summed E-state index contributed by atoms with van der Waals surface area (Å²) in [6, 6.07) is 0. The molecule has 0 bridgehead atoms.